The number of H-pyrrole nitrogens is 1. The molecule has 1 aromatic heterocycles. The molecule has 4 nitrogen and oxygen atoms in total. The van der Waals surface area contributed by atoms with Gasteiger partial charge in [0.25, 0.3) is 0 Å². The van der Waals surface area contributed by atoms with Gasteiger partial charge < -0.3 is 5.32 Å². The fourth-order valence-electron chi connectivity index (χ4n) is 0.783. The smallest absolute Gasteiger partial charge is 0.240 e. The van der Waals surface area contributed by atoms with Crippen molar-refractivity contribution in [3.05, 3.63) is 11.8 Å². The van der Waals surface area contributed by atoms with E-state index in [0.717, 1.165) is 12.1 Å². The summed E-state index contributed by atoms with van der Waals surface area (Å²) in [5, 5.41) is 9.17. The second-order valence-corrected chi connectivity index (χ2v) is 2.58. The predicted molar refractivity (Wildman–Crippen MR) is 47.3 cm³/mol. The molecule has 0 spiro atoms. The minimum atomic E-state index is -0.245. The van der Waals surface area contributed by atoms with Crippen molar-refractivity contribution in [2.45, 2.75) is 13.3 Å². The lowest BCUT2D eigenvalue weighted by atomic mass is 10.3. The second kappa shape index (κ2) is 4.11. The van der Waals surface area contributed by atoms with Gasteiger partial charge in [0.05, 0.1) is 0 Å². The fraction of sp³-hybridized carbons (Fsp3) is 0.429. The Labute approximate surface area is 75.3 Å². The average molecular weight is 188 g/mol. The Morgan fingerprint density at radius 2 is 2.58 bits per heavy atom. The summed E-state index contributed by atoms with van der Waals surface area (Å²) >= 11 is 5.29. The van der Waals surface area contributed by atoms with Crippen molar-refractivity contribution >= 4 is 23.3 Å². The SMILES string of the molecule is CCc1cc(NC(=O)CCl)n[nH]1. The average Bonchev–Trinajstić information content (AvgIpc) is 2.52. The van der Waals surface area contributed by atoms with E-state index in [1.54, 1.807) is 6.07 Å². The number of nitrogens with zero attached hydrogens (tertiary/aromatic N) is 1. The standard InChI is InChI=1S/C7H10ClN3O/c1-2-5-3-6(11-10-5)9-7(12)4-8/h3H,2,4H2,1H3,(H2,9,10,11,12). The van der Waals surface area contributed by atoms with Crippen molar-refractivity contribution in [2.75, 3.05) is 11.2 Å². The Bertz CT molecular complexity index is 271. The van der Waals surface area contributed by atoms with Crippen LogP contribution in [0.2, 0.25) is 0 Å². The lowest BCUT2D eigenvalue weighted by Gasteiger charge is -1.94. The molecule has 0 fully saturated rings. The van der Waals surface area contributed by atoms with Gasteiger partial charge in [-0.05, 0) is 6.42 Å². The summed E-state index contributed by atoms with van der Waals surface area (Å²) in [5.41, 5.74) is 0.986. The lowest BCUT2D eigenvalue weighted by molar-refractivity contribution is -0.113. The molecule has 0 aromatic carbocycles. The van der Waals surface area contributed by atoms with Crippen LogP contribution in [0, 0.1) is 0 Å². The summed E-state index contributed by atoms with van der Waals surface area (Å²) in [7, 11) is 0. The quantitative estimate of drug-likeness (QED) is 0.698. The zero-order valence-electron chi connectivity index (χ0n) is 6.72. The van der Waals surface area contributed by atoms with Gasteiger partial charge in [-0.3, -0.25) is 9.89 Å². The number of hydrogen-bond donors (Lipinski definition) is 2. The molecule has 0 aliphatic heterocycles. The predicted octanol–water partition coefficient (Wildman–Crippen LogP) is 1.15. The second-order valence-electron chi connectivity index (χ2n) is 2.31. The van der Waals surface area contributed by atoms with Crippen molar-refractivity contribution in [1.29, 1.82) is 0 Å². The molecule has 12 heavy (non-hydrogen) atoms. The summed E-state index contributed by atoms with van der Waals surface area (Å²) in [4.78, 5) is 10.8. The van der Waals surface area contributed by atoms with E-state index in [1.165, 1.54) is 0 Å². The Hall–Kier alpha value is -1.03. The first kappa shape index (κ1) is 9.06. The van der Waals surface area contributed by atoms with Gasteiger partial charge in [-0.15, -0.1) is 11.6 Å². The molecule has 0 radical (unpaired) electrons. The third kappa shape index (κ3) is 2.23. The molecule has 1 amide bonds. The highest BCUT2D eigenvalue weighted by Gasteiger charge is 2.02. The first-order valence-corrected chi connectivity index (χ1v) is 4.19. The third-order valence-electron chi connectivity index (χ3n) is 1.40. The van der Waals surface area contributed by atoms with E-state index in [-0.39, 0.29) is 11.8 Å². The highest BCUT2D eigenvalue weighted by atomic mass is 35.5. The monoisotopic (exact) mass is 187 g/mol. The van der Waals surface area contributed by atoms with E-state index < -0.39 is 0 Å². The van der Waals surface area contributed by atoms with Crippen molar-refractivity contribution in [1.82, 2.24) is 10.2 Å². The van der Waals surface area contributed by atoms with Crippen molar-refractivity contribution in [3.63, 3.8) is 0 Å². The van der Waals surface area contributed by atoms with Crippen LogP contribution in [0.25, 0.3) is 0 Å². The maximum absolute atomic E-state index is 10.8. The van der Waals surface area contributed by atoms with Crippen LogP contribution in [0.1, 0.15) is 12.6 Å². The van der Waals surface area contributed by atoms with Gasteiger partial charge in [-0.2, -0.15) is 5.10 Å². The van der Waals surface area contributed by atoms with Crippen LogP contribution >= 0.6 is 11.6 Å². The largest absolute Gasteiger partial charge is 0.308 e. The number of amides is 1. The van der Waals surface area contributed by atoms with E-state index in [9.17, 15) is 4.79 Å². The molecule has 0 aliphatic rings. The minimum Gasteiger partial charge on any atom is -0.308 e. The number of carbonyl (C=O) groups excluding carboxylic acids is 1. The molecule has 66 valence electrons. The van der Waals surface area contributed by atoms with Gasteiger partial charge in [-0.25, -0.2) is 0 Å². The van der Waals surface area contributed by atoms with Gasteiger partial charge in [0, 0.05) is 11.8 Å². The van der Waals surface area contributed by atoms with Crippen LogP contribution in [0.15, 0.2) is 6.07 Å². The Morgan fingerprint density at radius 1 is 1.83 bits per heavy atom. The molecular weight excluding hydrogens is 178 g/mol. The number of alkyl halides is 1. The first-order chi connectivity index (χ1) is 5.76. The number of aromatic amines is 1. The summed E-state index contributed by atoms with van der Waals surface area (Å²) in [6.45, 7) is 2.00. The molecule has 1 aromatic rings. The van der Waals surface area contributed by atoms with E-state index in [2.05, 4.69) is 15.5 Å². The number of halogens is 1. The van der Waals surface area contributed by atoms with Crippen LogP contribution in [-0.4, -0.2) is 22.0 Å². The minimum absolute atomic E-state index is 0.0473. The maximum Gasteiger partial charge on any atom is 0.240 e. The topological polar surface area (TPSA) is 57.8 Å². The number of carbonyl (C=O) groups is 1. The number of nitrogens with one attached hydrogen (secondary N) is 2. The van der Waals surface area contributed by atoms with E-state index in [4.69, 9.17) is 11.6 Å². The molecule has 2 N–H and O–H groups in total. The summed E-state index contributed by atoms with van der Waals surface area (Å²) < 4.78 is 0. The van der Waals surface area contributed by atoms with Gasteiger partial charge in [0.15, 0.2) is 5.82 Å². The maximum atomic E-state index is 10.8. The Morgan fingerprint density at radius 3 is 3.08 bits per heavy atom. The number of rotatable bonds is 3. The number of aryl methyl sites for hydroxylation is 1. The Balaban J connectivity index is 2.58. The number of aromatic nitrogens is 2. The first-order valence-electron chi connectivity index (χ1n) is 3.66. The Kier molecular flexibility index (Phi) is 3.10. The molecule has 0 saturated carbocycles. The highest BCUT2D eigenvalue weighted by molar-refractivity contribution is 6.28. The van der Waals surface area contributed by atoms with Crippen molar-refractivity contribution in [3.8, 4) is 0 Å². The van der Waals surface area contributed by atoms with Crippen LogP contribution < -0.4 is 5.32 Å². The van der Waals surface area contributed by atoms with Crippen molar-refractivity contribution < 1.29 is 4.79 Å². The van der Waals surface area contributed by atoms with Crippen molar-refractivity contribution in [2.24, 2.45) is 0 Å². The summed E-state index contributed by atoms with van der Waals surface area (Å²) in [5.74, 6) is 0.234. The molecule has 1 rings (SSSR count). The zero-order valence-corrected chi connectivity index (χ0v) is 7.48. The summed E-state index contributed by atoms with van der Waals surface area (Å²) in [6, 6.07) is 1.78. The third-order valence-corrected chi connectivity index (χ3v) is 1.64. The molecule has 0 unspecified atom stereocenters. The highest BCUT2D eigenvalue weighted by Crippen LogP contribution is 2.05. The molecular formula is C7H10ClN3O. The zero-order chi connectivity index (χ0) is 8.97. The number of hydrogen-bond acceptors (Lipinski definition) is 2. The van der Waals surface area contributed by atoms with Crippen LogP contribution in [-0.2, 0) is 11.2 Å². The van der Waals surface area contributed by atoms with E-state index >= 15 is 0 Å². The van der Waals surface area contributed by atoms with Gasteiger partial charge in [0.2, 0.25) is 5.91 Å². The van der Waals surface area contributed by atoms with Crippen LogP contribution in [0.3, 0.4) is 0 Å². The molecule has 5 heteroatoms. The van der Waals surface area contributed by atoms with Gasteiger partial charge >= 0.3 is 0 Å². The summed E-state index contributed by atoms with van der Waals surface area (Å²) in [6.07, 6.45) is 0.865. The molecule has 1 heterocycles. The van der Waals surface area contributed by atoms with Crippen LogP contribution in [0.4, 0.5) is 5.82 Å². The van der Waals surface area contributed by atoms with Gasteiger partial charge in [-0.1, -0.05) is 6.92 Å². The van der Waals surface area contributed by atoms with Gasteiger partial charge in [0.1, 0.15) is 5.88 Å². The molecule has 0 aliphatic carbocycles. The van der Waals surface area contributed by atoms with E-state index in [1.807, 2.05) is 6.92 Å². The normalized spacial score (nSPS) is 9.83. The van der Waals surface area contributed by atoms with E-state index in [0.29, 0.717) is 5.82 Å². The molecule has 0 atom stereocenters. The molecule has 0 bridgehead atoms. The molecule has 0 saturated heterocycles. The lowest BCUT2D eigenvalue weighted by Crippen LogP contribution is -2.12. The fourth-order valence-corrected chi connectivity index (χ4v) is 0.850. The van der Waals surface area contributed by atoms with Crippen LogP contribution in [0.5, 0.6) is 0 Å². The number of anilines is 1.